The van der Waals surface area contributed by atoms with E-state index >= 15 is 0 Å². The zero-order valence-electron chi connectivity index (χ0n) is 10.5. The van der Waals surface area contributed by atoms with E-state index in [1.54, 1.807) is 6.07 Å². The largest absolute Gasteiger partial charge is 0.464 e. The molecular weight excluding hydrogens is 244 g/mol. The highest BCUT2D eigenvalue weighted by molar-refractivity contribution is 5.72. The Balaban J connectivity index is 1.85. The van der Waals surface area contributed by atoms with Gasteiger partial charge in [0.2, 0.25) is 0 Å². The molecule has 1 aromatic carbocycles. The van der Waals surface area contributed by atoms with Crippen molar-refractivity contribution in [3.8, 4) is 0 Å². The number of aromatic nitrogens is 1. The van der Waals surface area contributed by atoms with Gasteiger partial charge in [-0.05, 0) is 36.9 Å². The van der Waals surface area contributed by atoms with Crippen LogP contribution in [-0.2, 0) is 13.0 Å². The molecule has 2 heterocycles. The number of nitrogens with one attached hydrogen (secondary N) is 2. The Morgan fingerprint density at radius 2 is 2.00 bits per heavy atom. The van der Waals surface area contributed by atoms with Gasteiger partial charge in [0.05, 0.1) is 12.1 Å². The molecule has 0 amide bonds. The van der Waals surface area contributed by atoms with Gasteiger partial charge in [0, 0.05) is 6.42 Å². The van der Waals surface area contributed by atoms with Gasteiger partial charge in [-0.2, -0.15) is 0 Å². The molecule has 0 unspecified atom stereocenters. The number of hydrogen-bond acceptors (Lipinski definition) is 4. The van der Waals surface area contributed by atoms with E-state index in [-0.39, 0.29) is 0 Å². The van der Waals surface area contributed by atoms with E-state index in [2.05, 4.69) is 10.3 Å². The first kappa shape index (κ1) is 11.8. The van der Waals surface area contributed by atoms with Gasteiger partial charge < -0.3 is 14.2 Å². The third-order valence-electron chi connectivity index (χ3n) is 2.93. The molecule has 5 nitrogen and oxygen atoms in total. The molecule has 0 saturated carbocycles. The molecule has 2 N–H and O–H groups in total. The minimum absolute atomic E-state index is 0.429. The zero-order valence-corrected chi connectivity index (χ0v) is 10.5. The van der Waals surface area contributed by atoms with Crippen LogP contribution < -0.4 is 11.1 Å². The summed E-state index contributed by atoms with van der Waals surface area (Å²) >= 11 is 0. The number of H-pyrrole nitrogens is 1. The molecule has 19 heavy (non-hydrogen) atoms. The first-order chi connectivity index (χ1) is 9.24. The summed E-state index contributed by atoms with van der Waals surface area (Å²) in [6.45, 7) is 0.716. The molecule has 0 aliphatic carbocycles. The SMILES string of the molecule is CNCc1ccc(Cc2ccc3oc(=O)[nH]c3c2)o1. The lowest BCUT2D eigenvalue weighted by Crippen LogP contribution is -2.03. The maximum absolute atomic E-state index is 11.1. The molecule has 0 spiro atoms. The van der Waals surface area contributed by atoms with Crippen LogP contribution in [0.3, 0.4) is 0 Å². The molecule has 2 aromatic heterocycles. The van der Waals surface area contributed by atoms with E-state index in [0.29, 0.717) is 24.1 Å². The molecule has 0 bridgehead atoms. The van der Waals surface area contributed by atoms with Gasteiger partial charge in [-0.25, -0.2) is 4.79 Å². The van der Waals surface area contributed by atoms with Crippen molar-refractivity contribution < 1.29 is 8.83 Å². The van der Waals surface area contributed by atoms with Crippen LogP contribution in [0.1, 0.15) is 17.1 Å². The summed E-state index contributed by atoms with van der Waals surface area (Å²) in [4.78, 5) is 13.7. The van der Waals surface area contributed by atoms with E-state index in [0.717, 1.165) is 17.1 Å². The molecule has 5 heteroatoms. The molecule has 3 aromatic rings. The second kappa shape index (κ2) is 4.78. The number of aromatic amines is 1. The van der Waals surface area contributed by atoms with Crippen LogP contribution in [0.25, 0.3) is 11.1 Å². The Kier molecular flexibility index (Phi) is 2.97. The van der Waals surface area contributed by atoms with Crippen LogP contribution in [0, 0.1) is 0 Å². The highest BCUT2D eigenvalue weighted by atomic mass is 16.4. The minimum atomic E-state index is -0.429. The molecular formula is C14H14N2O3. The van der Waals surface area contributed by atoms with E-state index < -0.39 is 5.76 Å². The third-order valence-corrected chi connectivity index (χ3v) is 2.93. The van der Waals surface area contributed by atoms with Gasteiger partial charge >= 0.3 is 5.76 Å². The van der Waals surface area contributed by atoms with Crippen molar-refractivity contribution in [2.75, 3.05) is 7.05 Å². The maximum Gasteiger partial charge on any atom is 0.417 e. The van der Waals surface area contributed by atoms with Gasteiger partial charge in [0.1, 0.15) is 11.5 Å². The molecule has 0 saturated heterocycles. The summed E-state index contributed by atoms with van der Waals surface area (Å²) < 4.78 is 10.7. The smallest absolute Gasteiger partial charge is 0.417 e. The van der Waals surface area contributed by atoms with Crippen LogP contribution in [-0.4, -0.2) is 12.0 Å². The summed E-state index contributed by atoms with van der Waals surface area (Å²) in [6, 6.07) is 9.55. The fraction of sp³-hybridized carbons (Fsp3) is 0.214. The van der Waals surface area contributed by atoms with Gasteiger partial charge in [0.15, 0.2) is 5.58 Å². The van der Waals surface area contributed by atoms with Gasteiger partial charge in [-0.1, -0.05) is 6.07 Å². The van der Waals surface area contributed by atoms with Crippen molar-refractivity contribution in [2.45, 2.75) is 13.0 Å². The van der Waals surface area contributed by atoms with Crippen molar-refractivity contribution >= 4 is 11.1 Å². The number of hydrogen-bond donors (Lipinski definition) is 2. The third kappa shape index (κ3) is 2.46. The van der Waals surface area contributed by atoms with Crippen molar-refractivity contribution in [1.29, 1.82) is 0 Å². The molecule has 0 aliphatic rings. The van der Waals surface area contributed by atoms with Crippen LogP contribution in [0.15, 0.2) is 44.0 Å². The number of oxazole rings is 1. The lowest BCUT2D eigenvalue weighted by molar-refractivity contribution is 0.462. The normalized spacial score (nSPS) is 11.2. The minimum Gasteiger partial charge on any atom is -0.464 e. The molecule has 0 radical (unpaired) electrons. The topological polar surface area (TPSA) is 71.2 Å². The van der Waals surface area contributed by atoms with Crippen LogP contribution in [0.5, 0.6) is 0 Å². The lowest BCUT2D eigenvalue weighted by Gasteiger charge is -1.98. The van der Waals surface area contributed by atoms with Gasteiger partial charge in [-0.15, -0.1) is 0 Å². The van der Waals surface area contributed by atoms with Crippen molar-refractivity contribution in [2.24, 2.45) is 0 Å². The first-order valence-electron chi connectivity index (χ1n) is 6.08. The Bertz CT molecular complexity index is 751. The number of furan rings is 1. The average Bonchev–Trinajstić information content (AvgIpc) is 2.95. The van der Waals surface area contributed by atoms with Gasteiger partial charge in [-0.3, -0.25) is 4.98 Å². The number of rotatable bonds is 4. The zero-order chi connectivity index (χ0) is 13.2. The summed E-state index contributed by atoms with van der Waals surface area (Å²) in [6.07, 6.45) is 0.687. The highest BCUT2D eigenvalue weighted by Crippen LogP contribution is 2.17. The fourth-order valence-electron chi connectivity index (χ4n) is 2.10. The average molecular weight is 258 g/mol. The van der Waals surface area contributed by atoms with Crippen molar-refractivity contribution in [3.05, 3.63) is 58.0 Å². The Labute approximate surface area is 109 Å². The number of fused-ring (bicyclic) bond motifs is 1. The van der Waals surface area contributed by atoms with Crippen molar-refractivity contribution in [1.82, 2.24) is 10.3 Å². The van der Waals surface area contributed by atoms with E-state index in [4.69, 9.17) is 8.83 Å². The monoisotopic (exact) mass is 258 g/mol. The number of benzene rings is 1. The van der Waals surface area contributed by atoms with E-state index in [1.165, 1.54) is 0 Å². The molecule has 3 rings (SSSR count). The maximum atomic E-state index is 11.1. The molecule has 0 fully saturated rings. The summed E-state index contributed by atoms with van der Waals surface area (Å²) in [5.41, 5.74) is 2.35. The predicted molar refractivity (Wildman–Crippen MR) is 71.1 cm³/mol. The van der Waals surface area contributed by atoms with E-state index in [9.17, 15) is 4.79 Å². The second-order valence-corrected chi connectivity index (χ2v) is 4.42. The Morgan fingerprint density at radius 1 is 1.16 bits per heavy atom. The Morgan fingerprint density at radius 3 is 2.84 bits per heavy atom. The first-order valence-corrected chi connectivity index (χ1v) is 6.08. The van der Waals surface area contributed by atoms with Crippen LogP contribution in [0.4, 0.5) is 0 Å². The molecule has 0 atom stereocenters. The fourth-order valence-corrected chi connectivity index (χ4v) is 2.10. The predicted octanol–water partition coefficient (Wildman–Crippen LogP) is 2.02. The van der Waals surface area contributed by atoms with Crippen LogP contribution >= 0.6 is 0 Å². The van der Waals surface area contributed by atoms with Crippen molar-refractivity contribution in [3.63, 3.8) is 0 Å². The summed E-state index contributed by atoms with van der Waals surface area (Å²) in [7, 11) is 1.88. The lowest BCUT2D eigenvalue weighted by atomic mass is 10.1. The molecule has 0 aliphatic heterocycles. The molecule has 98 valence electrons. The van der Waals surface area contributed by atoms with Gasteiger partial charge in [0.25, 0.3) is 0 Å². The highest BCUT2D eigenvalue weighted by Gasteiger charge is 2.06. The quantitative estimate of drug-likeness (QED) is 0.751. The summed E-state index contributed by atoms with van der Waals surface area (Å²) in [5.74, 6) is 1.38. The van der Waals surface area contributed by atoms with Crippen LogP contribution in [0.2, 0.25) is 0 Å². The Hall–Kier alpha value is -2.27. The second-order valence-electron chi connectivity index (χ2n) is 4.42. The summed E-state index contributed by atoms with van der Waals surface area (Å²) in [5, 5.41) is 3.04. The van der Waals surface area contributed by atoms with E-state index in [1.807, 2.05) is 31.3 Å². The standard InChI is InChI=1S/C14H14N2O3/c1-15-8-11-4-3-10(18-11)6-9-2-5-13-12(7-9)16-14(17)19-13/h2-5,7,15H,6,8H2,1H3,(H,16,17).